The summed E-state index contributed by atoms with van der Waals surface area (Å²) < 4.78 is 35.0. The van der Waals surface area contributed by atoms with Gasteiger partial charge in [-0.25, -0.2) is 0 Å². The van der Waals surface area contributed by atoms with E-state index < -0.39 is 6.41 Å². The highest BCUT2D eigenvalue weighted by atomic mass is 16.7. The molecule has 36 heavy (non-hydrogen) atoms. The molecule has 7 unspecified atom stereocenters. The van der Waals surface area contributed by atoms with Crippen LogP contribution in [0.25, 0.3) is 0 Å². The van der Waals surface area contributed by atoms with E-state index in [1.54, 1.807) is 0 Å². The fourth-order valence-electron chi connectivity index (χ4n) is 4.26. The Morgan fingerprint density at radius 2 is 1.61 bits per heavy atom. The Morgan fingerprint density at radius 3 is 2.22 bits per heavy atom. The molecule has 0 bridgehead atoms. The average Bonchev–Trinajstić information content (AvgIpc) is 2.86. The standard InChI is InChI=1S/C28H55NO7/c1-10-13-34-28(29(9)20(4)5)35-19-24(11-2)18-26(30)32-16-14-31-15-17-33-27-23(8)21(6)22(7)25(12-3)36-27/h20-25,27-28H,10-19H2,1-9H3. The van der Waals surface area contributed by atoms with Gasteiger partial charge in [0.1, 0.15) is 6.61 Å². The topological polar surface area (TPSA) is 75.7 Å². The van der Waals surface area contributed by atoms with Crippen LogP contribution in [-0.4, -0.2) is 82.4 Å². The van der Waals surface area contributed by atoms with Gasteiger partial charge in [-0.15, -0.1) is 0 Å². The summed E-state index contributed by atoms with van der Waals surface area (Å²) in [6, 6.07) is 0.293. The van der Waals surface area contributed by atoms with Crippen LogP contribution in [0.4, 0.5) is 0 Å². The molecule has 0 aromatic heterocycles. The molecule has 1 saturated heterocycles. The SMILES string of the molecule is CCCOC(OCC(CC)CC(=O)OCCOCCOC1OC(CC)C(C)C(C)C1C)N(C)C(C)C. The zero-order valence-electron chi connectivity index (χ0n) is 24.5. The number of esters is 1. The van der Waals surface area contributed by atoms with Gasteiger partial charge in [0.25, 0.3) is 0 Å². The first-order valence-corrected chi connectivity index (χ1v) is 14.1. The largest absolute Gasteiger partial charge is 0.463 e. The van der Waals surface area contributed by atoms with Crippen LogP contribution in [0, 0.1) is 23.7 Å². The lowest BCUT2D eigenvalue weighted by Gasteiger charge is -2.43. The third-order valence-corrected chi connectivity index (χ3v) is 7.51. The molecule has 8 nitrogen and oxygen atoms in total. The van der Waals surface area contributed by atoms with Gasteiger partial charge in [-0.3, -0.25) is 9.69 Å². The first kappa shape index (κ1) is 33.3. The molecule has 7 atom stereocenters. The van der Waals surface area contributed by atoms with Gasteiger partial charge in [-0.2, -0.15) is 0 Å². The highest BCUT2D eigenvalue weighted by Gasteiger charge is 2.38. The Kier molecular flexibility index (Phi) is 17.1. The summed E-state index contributed by atoms with van der Waals surface area (Å²) in [5.41, 5.74) is 0. The molecule has 0 amide bonds. The minimum atomic E-state index is -0.410. The molecule has 0 N–H and O–H groups in total. The third kappa shape index (κ3) is 11.7. The van der Waals surface area contributed by atoms with Crippen molar-refractivity contribution in [2.45, 2.75) is 106 Å². The number of rotatable bonds is 19. The highest BCUT2D eigenvalue weighted by molar-refractivity contribution is 5.69. The highest BCUT2D eigenvalue weighted by Crippen LogP contribution is 2.36. The monoisotopic (exact) mass is 517 g/mol. The Labute approximate surface area is 220 Å². The van der Waals surface area contributed by atoms with E-state index >= 15 is 0 Å². The summed E-state index contributed by atoms with van der Waals surface area (Å²) in [6.45, 7) is 19.8. The number of carbonyl (C=O) groups is 1. The third-order valence-electron chi connectivity index (χ3n) is 7.51. The lowest BCUT2D eigenvalue weighted by Crippen LogP contribution is -2.45. The zero-order chi connectivity index (χ0) is 27.1. The predicted molar refractivity (Wildman–Crippen MR) is 141 cm³/mol. The average molecular weight is 518 g/mol. The van der Waals surface area contributed by atoms with Crippen molar-refractivity contribution in [3.8, 4) is 0 Å². The number of hydrogen-bond donors (Lipinski definition) is 0. The van der Waals surface area contributed by atoms with E-state index in [1.165, 1.54) is 0 Å². The number of hydrogen-bond acceptors (Lipinski definition) is 8. The summed E-state index contributed by atoms with van der Waals surface area (Å²) in [5.74, 6) is 1.28. The first-order valence-electron chi connectivity index (χ1n) is 14.1. The molecule has 0 aromatic rings. The molecule has 1 heterocycles. The van der Waals surface area contributed by atoms with Gasteiger partial charge in [-0.05, 0) is 51.5 Å². The first-order chi connectivity index (χ1) is 17.2. The van der Waals surface area contributed by atoms with Gasteiger partial charge in [0.05, 0.1) is 45.6 Å². The van der Waals surface area contributed by atoms with E-state index in [-0.39, 0.29) is 30.9 Å². The molecule has 1 rings (SSSR count). The van der Waals surface area contributed by atoms with E-state index in [9.17, 15) is 4.79 Å². The van der Waals surface area contributed by atoms with Crippen LogP contribution in [0.5, 0.6) is 0 Å². The zero-order valence-corrected chi connectivity index (χ0v) is 24.5. The fraction of sp³-hybridized carbons (Fsp3) is 0.964. The van der Waals surface area contributed by atoms with Gasteiger partial charge in [-0.1, -0.05) is 48.0 Å². The minimum Gasteiger partial charge on any atom is -0.463 e. The Morgan fingerprint density at radius 1 is 0.917 bits per heavy atom. The summed E-state index contributed by atoms with van der Waals surface area (Å²) in [6.07, 6.45) is 2.70. The smallest absolute Gasteiger partial charge is 0.306 e. The van der Waals surface area contributed by atoms with Crippen LogP contribution in [0.3, 0.4) is 0 Å². The van der Waals surface area contributed by atoms with Crippen molar-refractivity contribution >= 4 is 5.97 Å². The molecular formula is C28H55NO7. The molecule has 0 aromatic carbocycles. The molecule has 0 radical (unpaired) electrons. The Hall–Kier alpha value is -0.770. The summed E-state index contributed by atoms with van der Waals surface area (Å²) in [5, 5.41) is 0. The van der Waals surface area contributed by atoms with Crippen molar-refractivity contribution in [3.63, 3.8) is 0 Å². The Bertz CT molecular complexity index is 574. The van der Waals surface area contributed by atoms with Gasteiger partial charge >= 0.3 is 5.97 Å². The normalized spacial score (nSPS) is 26.4. The lowest BCUT2D eigenvalue weighted by molar-refractivity contribution is -0.251. The number of ether oxygens (including phenoxy) is 6. The van der Waals surface area contributed by atoms with Crippen LogP contribution in [0.15, 0.2) is 0 Å². The minimum absolute atomic E-state index is 0.0784. The van der Waals surface area contributed by atoms with Crippen molar-refractivity contribution in [1.29, 1.82) is 0 Å². The molecule has 0 saturated carbocycles. The van der Waals surface area contributed by atoms with Crippen LogP contribution in [0.2, 0.25) is 0 Å². The maximum Gasteiger partial charge on any atom is 0.306 e. The molecular weight excluding hydrogens is 462 g/mol. The Balaban J connectivity index is 2.24. The maximum absolute atomic E-state index is 12.3. The molecule has 8 heteroatoms. The van der Waals surface area contributed by atoms with E-state index in [1.807, 2.05) is 11.9 Å². The van der Waals surface area contributed by atoms with Gasteiger partial charge < -0.3 is 28.4 Å². The molecule has 0 aliphatic carbocycles. The van der Waals surface area contributed by atoms with Gasteiger partial charge in [0.2, 0.25) is 6.41 Å². The van der Waals surface area contributed by atoms with Crippen LogP contribution < -0.4 is 0 Å². The number of carbonyl (C=O) groups excluding carboxylic acids is 1. The van der Waals surface area contributed by atoms with Crippen molar-refractivity contribution < 1.29 is 33.2 Å². The van der Waals surface area contributed by atoms with Crippen molar-refractivity contribution in [2.75, 3.05) is 46.7 Å². The van der Waals surface area contributed by atoms with Crippen molar-refractivity contribution in [1.82, 2.24) is 4.90 Å². The van der Waals surface area contributed by atoms with E-state index in [0.717, 1.165) is 19.3 Å². The predicted octanol–water partition coefficient (Wildman–Crippen LogP) is 5.09. The van der Waals surface area contributed by atoms with Crippen molar-refractivity contribution in [3.05, 3.63) is 0 Å². The second kappa shape index (κ2) is 18.5. The number of nitrogens with zero attached hydrogens (tertiary/aromatic N) is 1. The van der Waals surface area contributed by atoms with Gasteiger partial charge in [0.15, 0.2) is 6.29 Å². The van der Waals surface area contributed by atoms with E-state index in [2.05, 4.69) is 55.4 Å². The second-order valence-electron chi connectivity index (χ2n) is 10.5. The molecule has 0 spiro atoms. The summed E-state index contributed by atoms with van der Waals surface area (Å²) >= 11 is 0. The molecule has 1 aliphatic rings. The van der Waals surface area contributed by atoms with Crippen LogP contribution in [-0.2, 0) is 33.2 Å². The van der Waals surface area contributed by atoms with Gasteiger partial charge in [0, 0.05) is 12.0 Å². The van der Waals surface area contributed by atoms with Crippen molar-refractivity contribution in [2.24, 2.45) is 23.7 Å². The fourth-order valence-corrected chi connectivity index (χ4v) is 4.26. The van der Waals surface area contributed by atoms with Crippen LogP contribution in [0.1, 0.15) is 81.1 Å². The summed E-state index contributed by atoms with van der Waals surface area (Å²) in [4.78, 5) is 14.4. The quantitative estimate of drug-likeness (QED) is 0.133. The van der Waals surface area contributed by atoms with Crippen LogP contribution >= 0.6 is 0 Å². The lowest BCUT2D eigenvalue weighted by atomic mass is 9.78. The molecule has 1 fully saturated rings. The molecule has 214 valence electrons. The van der Waals surface area contributed by atoms with E-state index in [4.69, 9.17) is 28.4 Å². The molecule has 1 aliphatic heterocycles. The second-order valence-corrected chi connectivity index (χ2v) is 10.5. The summed E-state index contributed by atoms with van der Waals surface area (Å²) in [7, 11) is 1.98. The van der Waals surface area contributed by atoms with E-state index in [0.29, 0.717) is 63.3 Å². The maximum atomic E-state index is 12.3.